The molecule has 1 amide bonds. The van der Waals surface area contributed by atoms with Gasteiger partial charge in [-0.05, 0) is 31.5 Å². The molecule has 0 fully saturated rings. The van der Waals surface area contributed by atoms with E-state index in [1.54, 1.807) is 31.2 Å². The molecule has 1 aromatic carbocycles. The standard InChI is InChI=1S/C16H20N2O3/c1-10(11(2)15(20)21)14(19)18-13-7-5-12(6-8-13)16(3,4)9-17/h5-8,10-11H,1-4H3,(H,18,19)(H,20,21). The van der Waals surface area contributed by atoms with Crippen molar-refractivity contribution < 1.29 is 14.7 Å². The lowest BCUT2D eigenvalue weighted by molar-refractivity contribution is -0.145. The Labute approximate surface area is 124 Å². The van der Waals surface area contributed by atoms with Crippen molar-refractivity contribution in [2.24, 2.45) is 11.8 Å². The maximum atomic E-state index is 12.0. The van der Waals surface area contributed by atoms with Gasteiger partial charge in [-0.1, -0.05) is 26.0 Å². The number of anilines is 1. The van der Waals surface area contributed by atoms with Gasteiger partial charge >= 0.3 is 5.97 Å². The molecule has 2 unspecified atom stereocenters. The molecule has 0 aliphatic rings. The van der Waals surface area contributed by atoms with Crippen molar-refractivity contribution in [1.82, 2.24) is 0 Å². The van der Waals surface area contributed by atoms with Gasteiger partial charge in [0.05, 0.1) is 17.4 Å². The van der Waals surface area contributed by atoms with Crippen LogP contribution >= 0.6 is 0 Å². The number of nitriles is 1. The number of carboxylic acid groups (broad SMARTS) is 1. The number of nitrogens with zero attached hydrogens (tertiary/aromatic N) is 1. The predicted octanol–water partition coefficient (Wildman–Crippen LogP) is 2.78. The molecule has 0 spiro atoms. The normalized spacial score (nSPS) is 13.9. The molecule has 2 N–H and O–H groups in total. The van der Waals surface area contributed by atoms with Crippen LogP contribution in [0.25, 0.3) is 0 Å². The first-order valence-electron chi connectivity index (χ1n) is 6.74. The summed E-state index contributed by atoms with van der Waals surface area (Å²) in [5.41, 5.74) is 0.852. The lowest BCUT2D eigenvalue weighted by Gasteiger charge is -2.18. The molecule has 0 saturated heterocycles. The van der Waals surface area contributed by atoms with Crippen molar-refractivity contribution in [2.75, 3.05) is 5.32 Å². The summed E-state index contributed by atoms with van der Waals surface area (Å²) in [7, 11) is 0. The van der Waals surface area contributed by atoms with E-state index >= 15 is 0 Å². The Morgan fingerprint density at radius 2 is 1.71 bits per heavy atom. The first kappa shape index (κ1) is 16.7. The Hall–Kier alpha value is -2.35. The maximum absolute atomic E-state index is 12.0. The van der Waals surface area contributed by atoms with Gasteiger partial charge in [0.15, 0.2) is 0 Å². The fourth-order valence-corrected chi connectivity index (χ4v) is 1.73. The summed E-state index contributed by atoms with van der Waals surface area (Å²) in [6.45, 7) is 6.72. The van der Waals surface area contributed by atoms with Crippen molar-refractivity contribution in [2.45, 2.75) is 33.1 Å². The molecule has 1 rings (SSSR count). The zero-order valence-corrected chi connectivity index (χ0v) is 12.7. The van der Waals surface area contributed by atoms with Crippen LogP contribution < -0.4 is 5.32 Å². The molecule has 5 nitrogen and oxygen atoms in total. The molecular weight excluding hydrogens is 268 g/mol. The van der Waals surface area contributed by atoms with Gasteiger partial charge in [0.1, 0.15) is 0 Å². The largest absolute Gasteiger partial charge is 0.481 e. The average molecular weight is 288 g/mol. The Balaban J connectivity index is 2.79. The second kappa shape index (κ2) is 6.40. The van der Waals surface area contributed by atoms with Crippen LogP contribution in [0.15, 0.2) is 24.3 Å². The Morgan fingerprint density at radius 1 is 1.19 bits per heavy atom. The number of carbonyl (C=O) groups excluding carboxylic acids is 1. The zero-order valence-electron chi connectivity index (χ0n) is 12.7. The van der Waals surface area contributed by atoms with Crippen molar-refractivity contribution in [3.63, 3.8) is 0 Å². The number of amides is 1. The van der Waals surface area contributed by atoms with E-state index in [1.807, 2.05) is 13.8 Å². The Morgan fingerprint density at radius 3 is 2.14 bits per heavy atom. The van der Waals surface area contributed by atoms with E-state index in [2.05, 4.69) is 11.4 Å². The van der Waals surface area contributed by atoms with Crippen LogP contribution in [-0.4, -0.2) is 17.0 Å². The first-order chi connectivity index (χ1) is 9.69. The second-order valence-electron chi connectivity index (χ2n) is 5.72. The highest BCUT2D eigenvalue weighted by molar-refractivity contribution is 5.94. The number of hydrogen-bond donors (Lipinski definition) is 2. The maximum Gasteiger partial charge on any atom is 0.307 e. The molecule has 21 heavy (non-hydrogen) atoms. The van der Waals surface area contributed by atoms with Crippen molar-refractivity contribution in [1.29, 1.82) is 5.26 Å². The second-order valence-corrected chi connectivity index (χ2v) is 5.72. The van der Waals surface area contributed by atoms with Gasteiger partial charge < -0.3 is 10.4 Å². The van der Waals surface area contributed by atoms with Gasteiger partial charge in [0.2, 0.25) is 5.91 Å². The van der Waals surface area contributed by atoms with Gasteiger partial charge in [-0.3, -0.25) is 9.59 Å². The summed E-state index contributed by atoms with van der Waals surface area (Å²) in [5.74, 6) is -2.71. The van der Waals surface area contributed by atoms with Crippen LogP contribution in [0.2, 0.25) is 0 Å². The quantitative estimate of drug-likeness (QED) is 0.871. The minimum atomic E-state index is -0.997. The molecule has 0 bridgehead atoms. The molecule has 0 radical (unpaired) electrons. The first-order valence-corrected chi connectivity index (χ1v) is 6.74. The lowest BCUT2D eigenvalue weighted by atomic mass is 9.86. The van der Waals surface area contributed by atoms with Gasteiger partial charge in [0.25, 0.3) is 0 Å². The molecule has 0 saturated carbocycles. The summed E-state index contributed by atoms with van der Waals surface area (Å²) < 4.78 is 0. The third kappa shape index (κ3) is 4.06. The van der Waals surface area contributed by atoms with Crippen LogP contribution in [0.3, 0.4) is 0 Å². The third-order valence-electron chi connectivity index (χ3n) is 3.71. The fraction of sp³-hybridized carbons (Fsp3) is 0.438. The fourth-order valence-electron chi connectivity index (χ4n) is 1.73. The lowest BCUT2D eigenvalue weighted by Crippen LogP contribution is -2.30. The minimum absolute atomic E-state index is 0.336. The highest BCUT2D eigenvalue weighted by Crippen LogP contribution is 2.24. The molecule has 1 aromatic rings. The highest BCUT2D eigenvalue weighted by atomic mass is 16.4. The summed E-state index contributed by atoms with van der Waals surface area (Å²) in [6, 6.07) is 9.20. The Bertz CT molecular complexity index is 570. The number of carboxylic acids is 1. The molecule has 0 aliphatic heterocycles. The average Bonchev–Trinajstić information content (AvgIpc) is 2.46. The predicted molar refractivity (Wildman–Crippen MR) is 79.7 cm³/mol. The zero-order chi connectivity index (χ0) is 16.2. The van der Waals surface area contributed by atoms with Crippen LogP contribution in [-0.2, 0) is 15.0 Å². The van der Waals surface area contributed by atoms with Crippen molar-refractivity contribution in [3.8, 4) is 6.07 Å². The van der Waals surface area contributed by atoms with Crippen LogP contribution in [0.5, 0.6) is 0 Å². The summed E-state index contributed by atoms with van der Waals surface area (Å²) in [4.78, 5) is 22.8. The van der Waals surface area contributed by atoms with Crippen LogP contribution in [0.1, 0.15) is 33.3 Å². The van der Waals surface area contributed by atoms with Crippen LogP contribution in [0.4, 0.5) is 5.69 Å². The van der Waals surface area contributed by atoms with Crippen LogP contribution in [0, 0.1) is 23.2 Å². The monoisotopic (exact) mass is 288 g/mol. The number of hydrogen-bond acceptors (Lipinski definition) is 3. The SMILES string of the molecule is CC(C(=O)O)C(C)C(=O)Nc1ccc(C(C)(C)C#N)cc1. The molecule has 5 heteroatoms. The number of benzene rings is 1. The van der Waals surface area contributed by atoms with E-state index in [-0.39, 0.29) is 5.91 Å². The van der Waals surface area contributed by atoms with E-state index in [1.165, 1.54) is 6.92 Å². The molecule has 2 atom stereocenters. The molecule has 112 valence electrons. The van der Waals surface area contributed by atoms with Gasteiger partial charge in [0, 0.05) is 11.6 Å². The number of nitrogens with one attached hydrogen (secondary N) is 1. The number of rotatable bonds is 5. The molecular formula is C16H20N2O3. The van der Waals surface area contributed by atoms with E-state index in [4.69, 9.17) is 10.4 Å². The number of carbonyl (C=O) groups is 2. The van der Waals surface area contributed by atoms with E-state index in [0.29, 0.717) is 5.69 Å². The van der Waals surface area contributed by atoms with Gasteiger partial charge in [-0.15, -0.1) is 0 Å². The highest BCUT2D eigenvalue weighted by Gasteiger charge is 2.26. The molecule has 0 aliphatic carbocycles. The Kier molecular flexibility index (Phi) is 5.09. The van der Waals surface area contributed by atoms with E-state index in [9.17, 15) is 9.59 Å². The summed E-state index contributed by atoms with van der Waals surface area (Å²) in [6.07, 6.45) is 0. The van der Waals surface area contributed by atoms with Crippen molar-refractivity contribution in [3.05, 3.63) is 29.8 Å². The third-order valence-corrected chi connectivity index (χ3v) is 3.71. The van der Waals surface area contributed by atoms with E-state index < -0.39 is 23.2 Å². The molecule has 0 aromatic heterocycles. The van der Waals surface area contributed by atoms with Crippen molar-refractivity contribution >= 4 is 17.6 Å². The summed E-state index contributed by atoms with van der Waals surface area (Å²) >= 11 is 0. The van der Waals surface area contributed by atoms with E-state index in [0.717, 1.165) is 5.56 Å². The smallest absolute Gasteiger partial charge is 0.307 e. The minimum Gasteiger partial charge on any atom is -0.481 e. The molecule has 0 heterocycles. The van der Waals surface area contributed by atoms with Gasteiger partial charge in [-0.2, -0.15) is 5.26 Å². The number of aliphatic carboxylic acids is 1. The topological polar surface area (TPSA) is 90.2 Å². The van der Waals surface area contributed by atoms with Gasteiger partial charge in [-0.25, -0.2) is 0 Å². The summed E-state index contributed by atoms with van der Waals surface area (Å²) in [5, 5.41) is 20.7.